The van der Waals surface area contributed by atoms with Crippen LogP contribution in [0.25, 0.3) is 10.9 Å². The minimum absolute atomic E-state index is 0.00577. The van der Waals surface area contributed by atoms with Crippen molar-refractivity contribution in [3.05, 3.63) is 48.2 Å². The summed E-state index contributed by atoms with van der Waals surface area (Å²) in [5.41, 5.74) is 2.10. The Morgan fingerprint density at radius 3 is 2.93 bits per heavy atom. The van der Waals surface area contributed by atoms with Crippen LogP contribution >= 0.6 is 0 Å². The number of anilines is 1. The lowest BCUT2D eigenvalue weighted by molar-refractivity contribution is -0.118. The van der Waals surface area contributed by atoms with Crippen LogP contribution in [0, 0.1) is 5.92 Å². The van der Waals surface area contributed by atoms with Crippen molar-refractivity contribution in [3.63, 3.8) is 0 Å². The number of nitrogens with zero attached hydrogens (tertiary/aromatic N) is 2. The van der Waals surface area contributed by atoms with Gasteiger partial charge in [0.05, 0.1) is 24.0 Å². The van der Waals surface area contributed by atoms with Crippen molar-refractivity contribution in [2.24, 2.45) is 5.92 Å². The SMILES string of the molecule is O=C1COc2ccc(C(=O)N3CCC(COc4ccc5[nH]ncc5c4)CC3)cc2N1. The molecule has 0 aliphatic carbocycles. The van der Waals surface area contributed by atoms with Crippen LogP contribution in [0.2, 0.25) is 0 Å². The standard InChI is InChI=1S/C22H22N4O4/c27-21-13-30-20-4-1-15(10-19(20)24-21)22(28)26-7-5-14(6-8-26)12-29-17-2-3-18-16(9-17)11-23-25-18/h1-4,9-11,14H,5-8,12-13H2,(H,23,25)(H,24,27). The molecule has 0 saturated carbocycles. The van der Waals surface area contributed by atoms with E-state index < -0.39 is 0 Å². The van der Waals surface area contributed by atoms with E-state index in [1.165, 1.54) is 0 Å². The molecule has 2 aliphatic rings. The van der Waals surface area contributed by atoms with Crippen LogP contribution in [-0.4, -0.2) is 53.2 Å². The van der Waals surface area contributed by atoms with E-state index in [9.17, 15) is 9.59 Å². The summed E-state index contributed by atoms with van der Waals surface area (Å²) in [6.07, 6.45) is 3.57. The van der Waals surface area contributed by atoms with Gasteiger partial charge in [-0.15, -0.1) is 0 Å². The van der Waals surface area contributed by atoms with E-state index in [-0.39, 0.29) is 18.4 Å². The van der Waals surface area contributed by atoms with Crippen LogP contribution < -0.4 is 14.8 Å². The molecule has 30 heavy (non-hydrogen) atoms. The highest BCUT2D eigenvalue weighted by Gasteiger charge is 2.25. The Kier molecular flexibility index (Phi) is 4.74. The van der Waals surface area contributed by atoms with Gasteiger partial charge in [0, 0.05) is 24.0 Å². The van der Waals surface area contributed by atoms with Crippen molar-refractivity contribution in [1.29, 1.82) is 0 Å². The number of amides is 2. The zero-order valence-electron chi connectivity index (χ0n) is 16.4. The third kappa shape index (κ3) is 3.68. The zero-order chi connectivity index (χ0) is 20.5. The molecule has 2 N–H and O–H groups in total. The molecule has 8 nitrogen and oxygen atoms in total. The van der Waals surface area contributed by atoms with Gasteiger partial charge >= 0.3 is 0 Å². The first-order valence-corrected chi connectivity index (χ1v) is 10.1. The second-order valence-corrected chi connectivity index (χ2v) is 7.71. The summed E-state index contributed by atoms with van der Waals surface area (Å²) in [5.74, 6) is 1.60. The number of aromatic nitrogens is 2. The molecule has 2 amide bonds. The molecule has 3 aromatic rings. The highest BCUT2D eigenvalue weighted by Crippen LogP contribution is 2.30. The number of nitrogens with one attached hydrogen (secondary N) is 2. The minimum Gasteiger partial charge on any atom is -0.493 e. The van der Waals surface area contributed by atoms with Gasteiger partial charge in [0.1, 0.15) is 11.5 Å². The van der Waals surface area contributed by atoms with E-state index in [1.54, 1.807) is 24.4 Å². The normalized spacial score (nSPS) is 16.7. The fourth-order valence-corrected chi connectivity index (χ4v) is 3.93. The van der Waals surface area contributed by atoms with Crippen LogP contribution in [0.4, 0.5) is 5.69 Å². The fraction of sp³-hybridized carbons (Fsp3) is 0.318. The highest BCUT2D eigenvalue weighted by molar-refractivity contribution is 5.99. The summed E-state index contributed by atoms with van der Waals surface area (Å²) in [4.78, 5) is 26.3. The number of carbonyl (C=O) groups excluding carboxylic acids is 2. The Balaban J connectivity index is 1.16. The number of piperidine rings is 1. The van der Waals surface area contributed by atoms with Crippen molar-refractivity contribution < 1.29 is 19.1 Å². The predicted octanol–water partition coefficient (Wildman–Crippen LogP) is 2.83. The quantitative estimate of drug-likeness (QED) is 0.695. The van der Waals surface area contributed by atoms with Gasteiger partial charge in [0.25, 0.3) is 11.8 Å². The number of likely N-dealkylation sites (tertiary alicyclic amines) is 1. The van der Waals surface area contributed by atoms with Crippen LogP contribution in [0.15, 0.2) is 42.6 Å². The maximum Gasteiger partial charge on any atom is 0.262 e. The molecule has 0 bridgehead atoms. The van der Waals surface area contributed by atoms with Crippen molar-refractivity contribution >= 4 is 28.4 Å². The number of hydrogen-bond donors (Lipinski definition) is 2. The molecule has 1 aromatic heterocycles. The van der Waals surface area contributed by atoms with E-state index >= 15 is 0 Å². The number of hydrogen-bond acceptors (Lipinski definition) is 5. The summed E-state index contributed by atoms with van der Waals surface area (Å²) in [5, 5.41) is 10.7. The van der Waals surface area contributed by atoms with Gasteiger partial charge in [-0.05, 0) is 55.2 Å². The lowest BCUT2D eigenvalue weighted by Gasteiger charge is -2.32. The summed E-state index contributed by atoms with van der Waals surface area (Å²) in [6, 6.07) is 11.1. The van der Waals surface area contributed by atoms with Gasteiger partial charge in [-0.1, -0.05) is 0 Å². The molecular formula is C22H22N4O4. The first kappa shape index (κ1) is 18.5. The Bertz CT molecular complexity index is 1100. The Hall–Kier alpha value is -3.55. The van der Waals surface area contributed by atoms with Crippen LogP contribution in [-0.2, 0) is 4.79 Å². The van der Waals surface area contributed by atoms with Gasteiger partial charge in [-0.2, -0.15) is 5.10 Å². The van der Waals surface area contributed by atoms with E-state index in [1.807, 2.05) is 23.1 Å². The highest BCUT2D eigenvalue weighted by atomic mass is 16.5. The van der Waals surface area contributed by atoms with Gasteiger partial charge < -0.3 is 19.7 Å². The minimum atomic E-state index is -0.208. The zero-order valence-corrected chi connectivity index (χ0v) is 16.4. The summed E-state index contributed by atoms with van der Waals surface area (Å²) < 4.78 is 11.3. The van der Waals surface area contributed by atoms with Crippen molar-refractivity contribution in [2.75, 3.05) is 31.6 Å². The van der Waals surface area contributed by atoms with E-state index in [4.69, 9.17) is 9.47 Å². The smallest absolute Gasteiger partial charge is 0.262 e. The molecule has 1 saturated heterocycles. The molecule has 0 spiro atoms. The fourth-order valence-electron chi connectivity index (χ4n) is 3.93. The van der Waals surface area contributed by atoms with Gasteiger partial charge in [0.2, 0.25) is 0 Å². The largest absolute Gasteiger partial charge is 0.493 e. The lowest BCUT2D eigenvalue weighted by Crippen LogP contribution is -2.39. The summed E-state index contributed by atoms with van der Waals surface area (Å²) in [6.45, 7) is 2.01. The van der Waals surface area contributed by atoms with Crippen LogP contribution in [0.3, 0.4) is 0 Å². The molecule has 1 fully saturated rings. The number of H-pyrrole nitrogens is 1. The topological polar surface area (TPSA) is 96.5 Å². The number of rotatable bonds is 4. The lowest BCUT2D eigenvalue weighted by atomic mass is 9.97. The molecule has 2 aliphatic heterocycles. The number of fused-ring (bicyclic) bond motifs is 2. The number of benzene rings is 2. The number of carbonyl (C=O) groups is 2. The van der Waals surface area contributed by atoms with Crippen molar-refractivity contribution in [1.82, 2.24) is 15.1 Å². The van der Waals surface area contributed by atoms with E-state index in [0.29, 0.717) is 42.6 Å². The average Bonchev–Trinajstić information content (AvgIpc) is 3.25. The Labute approximate surface area is 173 Å². The second kappa shape index (κ2) is 7.70. The molecule has 3 heterocycles. The molecule has 0 radical (unpaired) electrons. The third-order valence-electron chi connectivity index (χ3n) is 5.66. The number of ether oxygens (including phenoxy) is 2. The molecule has 8 heteroatoms. The monoisotopic (exact) mass is 406 g/mol. The van der Waals surface area contributed by atoms with Crippen molar-refractivity contribution in [3.8, 4) is 11.5 Å². The molecule has 2 aromatic carbocycles. The van der Waals surface area contributed by atoms with Gasteiger partial charge in [-0.3, -0.25) is 14.7 Å². The molecular weight excluding hydrogens is 384 g/mol. The Morgan fingerprint density at radius 2 is 2.07 bits per heavy atom. The van der Waals surface area contributed by atoms with Crippen LogP contribution in [0.5, 0.6) is 11.5 Å². The summed E-state index contributed by atoms with van der Waals surface area (Å²) >= 11 is 0. The predicted molar refractivity (Wildman–Crippen MR) is 111 cm³/mol. The first-order chi connectivity index (χ1) is 14.7. The average molecular weight is 406 g/mol. The maximum atomic E-state index is 12.9. The van der Waals surface area contributed by atoms with Gasteiger partial charge in [0.15, 0.2) is 6.61 Å². The third-order valence-corrected chi connectivity index (χ3v) is 5.66. The summed E-state index contributed by atoms with van der Waals surface area (Å²) in [7, 11) is 0. The van der Waals surface area contributed by atoms with Crippen molar-refractivity contribution in [2.45, 2.75) is 12.8 Å². The maximum absolute atomic E-state index is 12.9. The molecule has 5 rings (SSSR count). The Morgan fingerprint density at radius 1 is 1.20 bits per heavy atom. The second-order valence-electron chi connectivity index (χ2n) is 7.71. The van der Waals surface area contributed by atoms with E-state index in [0.717, 1.165) is 29.5 Å². The molecule has 0 unspecified atom stereocenters. The first-order valence-electron chi connectivity index (χ1n) is 10.1. The van der Waals surface area contributed by atoms with Gasteiger partial charge in [-0.25, -0.2) is 0 Å². The molecule has 154 valence electrons. The molecule has 0 atom stereocenters. The van der Waals surface area contributed by atoms with Crippen LogP contribution in [0.1, 0.15) is 23.2 Å². The van der Waals surface area contributed by atoms with E-state index in [2.05, 4.69) is 15.5 Å². The number of aromatic amines is 1.